The largest absolute Gasteiger partial charge is 0.364 e. The van der Waals surface area contributed by atoms with E-state index in [0.29, 0.717) is 16.3 Å². The van der Waals surface area contributed by atoms with Crippen molar-refractivity contribution in [3.63, 3.8) is 0 Å². The predicted octanol–water partition coefficient (Wildman–Crippen LogP) is 2.25. The van der Waals surface area contributed by atoms with Crippen LogP contribution >= 0.6 is 11.6 Å². The van der Waals surface area contributed by atoms with E-state index in [1.165, 1.54) is 11.8 Å². The maximum absolute atomic E-state index is 12.9. The Morgan fingerprint density at radius 1 is 1.17 bits per heavy atom. The Kier molecular flexibility index (Phi) is 5.76. The van der Waals surface area contributed by atoms with Crippen molar-refractivity contribution >= 4 is 23.4 Å². The molecule has 0 saturated carbocycles. The van der Waals surface area contributed by atoms with Gasteiger partial charge < -0.3 is 5.73 Å². The first-order valence-corrected chi connectivity index (χ1v) is 8.85. The molecule has 148 valence electrons. The van der Waals surface area contributed by atoms with Gasteiger partial charge in [-0.3, -0.25) is 19.2 Å². The average Bonchev–Trinajstić information content (AvgIpc) is 2.68. The number of aryl methyl sites for hydroxylation is 1. The molecule has 0 unspecified atom stereocenters. The van der Waals surface area contributed by atoms with Gasteiger partial charge in [0.05, 0.1) is 23.5 Å². The highest BCUT2D eigenvalue weighted by Crippen LogP contribution is 2.29. The third kappa shape index (κ3) is 3.89. The molecule has 0 bridgehead atoms. The van der Waals surface area contributed by atoms with E-state index >= 15 is 0 Å². The summed E-state index contributed by atoms with van der Waals surface area (Å²) >= 11 is 6.41. The first-order chi connectivity index (χ1) is 13.8. The van der Waals surface area contributed by atoms with Crippen molar-refractivity contribution in [3.8, 4) is 16.9 Å². The maximum atomic E-state index is 12.9. The third-order valence-corrected chi connectivity index (χ3v) is 4.43. The van der Waals surface area contributed by atoms with Crippen LogP contribution in [0.4, 0.5) is 0 Å². The predicted molar refractivity (Wildman–Crippen MR) is 108 cm³/mol. The molecule has 29 heavy (non-hydrogen) atoms. The number of carbonyl (C=O) groups excluding carboxylic acids is 2. The van der Waals surface area contributed by atoms with Crippen molar-refractivity contribution in [2.45, 2.75) is 6.92 Å². The molecule has 3 N–H and O–H groups in total. The maximum Gasteiger partial charge on any atom is 0.281 e. The van der Waals surface area contributed by atoms with Gasteiger partial charge in [0.2, 0.25) is 5.43 Å². The molecule has 3 rings (SSSR count). The van der Waals surface area contributed by atoms with Crippen LogP contribution in [0.5, 0.6) is 0 Å². The number of aromatic nitrogens is 2. The van der Waals surface area contributed by atoms with Gasteiger partial charge in [-0.1, -0.05) is 48.0 Å². The first-order valence-electron chi connectivity index (χ1n) is 8.47. The molecular formula is C20H17ClN4O4. The van der Waals surface area contributed by atoms with Crippen LogP contribution in [-0.4, -0.2) is 28.7 Å². The lowest BCUT2D eigenvalue weighted by Gasteiger charge is -2.18. The molecule has 0 aliphatic heterocycles. The summed E-state index contributed by atoms with van der Waals surface area (Å²) in [6.07, 6.45) is 0. The first kappa shape index (κ1) is 20.2. The minimum absolute atomic E-state index is 0.140. The van der Waals surface area contributed by atoms with Crippen LogP contribution in [0.3, 0.4) is 0 Å². The minimum Gasteiger partial charge on any atom is -0.364 e. The molecule has 0 radical (unpaired) electrons. The summed E-state index contributed by atoms with van der Waals surface area (Å²) in [5.74, 6) is -1.92. The zero-order valence-corrected chi connectivity index (χ0v) is 16.4. The Morgan fingerprint density at radius 2 is 1.86 bits per heavy atom. The lowest BCUT2D eigenvalue weighted by atomic mass is 10.0. The Morgan fingerprint density at radius 3 is 2.45 bits per heavy atom. The topological polar surface area (TPSA) is 116 Å². The number of amides is 2. The lowest BCUT2D eigenvalue weighted by molar-refractivity contribution is 0.0536. The number of rotatable bonds is 5. The molecule has 0 aliphatic carbocycles. The molecule has 1 aromatic heterocycles. The summed E-state index contributed by atoms with van der Waals surface area (Å²) in [6.45, 7) is 1.86. The Hall–Kier alpha value is -3.49. The van der Waals surface area contributed by atoms with E-state index in [0.717, 1.165) is 5.56 Å². The van der Waals surface area contributed by atoms with E-state index in [1.807, 2.05) is 6.92 Å². The highest BCUT2D eigenvalue weighted by molar-refractivity contribution is 6.32. The summed E-state index contributed by atoms with van der Waals surface area (Å²) in [5.41, 5.74) is 7.51. The van der Waals surface area contributed by atoms with Crippen LogP contribution < -0.4 is 16.6 Å². The zero-order valence-electron chi connectivity index (χ0n) is 15.6. The quantitative estimate of drug-likeness (QED) is 0.623. The molecular weight excluding hydrogens is 396 g/mol. The fourth-order valence-corrected chi connectivity index (χ4v) is 3.18. The molecule has 2 aromatic carbocycles. The van der Waals surface area contributed by atoms with Crippen LogP contribution in [0.1, 0.15) is 26.4 Å². The van der Waals surface area contributed by atoms with Crippen LogP contribution in [0.25, 0.3) is 16.9 Å². The molecule has 0 fully saturated rings. The number of carbonyl (C=O) groups is 2. The molecule has 0 aliphatic rings. The molecule has 3 aromatic rings. The summed E-state index contributed by atoms with van der Waals surface area (Å²) < 4.78 is 1.27. The van der Waals surface area contributed by atoms with E-state index in [4.69, 9.17) is 17.3 Å². The van der Waals surface area contributed by atoms with Crippen molar-refractivity contribution in [2.24, 2.45) is 5.73 Å². The van der Waals surface area contributed by atoms with E-state index in [1.54, 1.807) is 48.5 Å². The van der Waals surface area contributed by atoms with Gasteiger partial charge in [-0.25, -0.2) is 10.2 Å². The number of nitrogens with zero attached hydrogens (tertiary/aromatic N) is 2. The highest BCUT2D eigenvalue weighted by Gasteiger charge is 2.27. The molecule has 8 nitrogen and oxygen atoms in total. The summed E-state index contributed by atoms with van der Waals surface area (Å²) in [7, 11) is 1.23. The summed E-state index contributed by atoms with van der Waals surface area (Å²) in [6, 6.07) is 13.8. The van der Waals surface area contributed by atoms with Crippen molar-refractivity contribution in [3.05, 3.63) is 80.6 Å². The van der Waals surface area contributed by atoms with Gasteiger partial charge in [0.25, 0.3) is 11.8 Å². The second-order valence-electron chi connectivity index (χ2n) is 6.13. The minimum atomic E-state index is -1.07. The van der Waals surface area contributed by atoms with Crippen LogP contribution in [-0.2, 0) is 4.84 Å². The summed E-state index contributed by atoms with van der Waals surface area (Å²) in [4.78, 5) is 42.2. The van der Waals surface area contributed by atoms with E-state index in [2.05, 4.69) is 15.4 Å². The van der Waals surface area contributed by atoms with Crippen LogP contribution in [0.15, 0.2) is 53.3 Å². The number of hydrogen-bond donors (Lipinski definition) is 2. The molecule has 0 spiro atoms. The number of primary amides is 1. The number of hydroxylamine groups is 1. The smallest absolute Gasteiger partial charge is 0.281 e. The van der Waals surface area contributed by atoms with Gasteiger partial charge in [0.15, 0.2) is 5.69 Å². The van der Waals surface area contributed by atoms with Gasteiger partial charge in [-0.2, -0.15) is 5.10 Å². The SMILES string of the molecule is CONC(=O)c1c(-c2ccccc2)n(-c2ccc(C)cc2Cl)nc(C(N)=O)c1=O. The fourth-order valence-electron chi connectivity index (χ4n) is 2.86. The second-order valence-corrected chi connectivity index (χ2v) is 6.54. The average molecular weight is 413 g/mol. The van der Waals surface area contributed by atoms with Gasteiger partial charge in [0.1, 0.15) is 5.56 Å². The van der Waals surface area contributed by atoms with Crippen molar-refractivity contribution in [1.82, 2.24) is 15.3 Å². The fraction of sp³-hybridized carbons (Fsp3) is 0.100. The van der Waals surface area contributed by atoms with Crippen molar-refractivity contribution in [1.29, 1.82) is 0 Å². The number of nitrogens with one attached hydrogen (secondary N) is 1. The van der Waals surface area contributed by atoms with Gasteiger partial charge in [-0.15, -0.1) is 0 Å². The number of hydrogen-bond acceptors (Lipinski definition) is 5. The van der Waals surface area contributed by atoms with Crippen molar-refractivity contribution < 1.29 is 14.4 Å². The molecule has 9 heteroatoms. The highest BCUT2D eigenvalue weighted by atomic mass is 35.5. The summed E-state index contributed by atoms with van der Waals surface area (Å²) in [5, 5.41) is 4.45. The normalized spacial score (nSPS) is 10.6. The Labute approximate surface area is 170 Å². The number of halogens is 1. The lowest BCUT2D eigenvalue weighted by Crippen LogP contribution is -2.36. The van der Waals surface area contributed by atoms with Gasteiger partial charge in [-0.05, 0) is 24.6 Å². The Balaban J connectivity index is 2.50. The molecule has 1 heterocycles. The van der Waals surface area contributed by atoms with E-state index in [-0.39, 0.29) is 11.3 Å². The molecule has 0 saturated heterocycles. The van der Waals surface area contributed by atoms with Crippen molar-refractivity contribution in [2.75, 3.05) is 7.11 Å². The van der Waals surface area contributed by atoms with Gasteiger partial charge in [0, 0.05) is 5.56 Å². The zero-order chi connectivity index (χ0) is 21.1. The van der Waals surface area contributed by atoms with E-state index in [9.17, 15) is 14.4 Å². The molecule has 0 atom stereocenters. The third-order valence-electron chi connectivity index (χ3n) is 4.12. The van der Waals surface area contributed by atoms with Crippen LogP contribution in [0.2, 0.25) is 5.02 Å². The van der Waals surface area contributed by atoms with Crippen LogP contribution in [0, 0.1) is 6.92 Å². The molecule has 2 amide bonds. The second kappa shape index (κ2) is 8.26. The van der Waals surface area contributed by atoms with E-state index < -0.39 is 22.9 Å². The number of nitrogens with two attached hydrogens (primary N) is 1. The Bertz CT molecular complexity index is 1160. The van der Waals surface area contributed by atoms with Gasteiger partial charge >= 0.3 is 0 Å². The monoisotopic (exact) mass is 412 g/mol. The standard InChI is InChI=1S/C20H17ClN4O4/c1-11-8-9-14(13(21)10-11)25-17(12-6-4-3-5-7-12)15(20(28)24-29-2)18(26)16(23-25)19(22)27/h3-10H,1-2H3,(H2,22,27)(H,24,28). The number of benzene rings is 2.